The van der Waals surface area contributed by atoms with Gasteiger partial charge in [0, 0.05) is 18.8 Å². The van der Waals surface area contributed by atoms with E-state index in [0.717, 1.165) is 12.0 Å². The van der Waals surface area contributed by atoms with Gasteiger partial charge in [0.05, 0.1) is 6.04 Å². The second-order valence-electron chi connectivity index (χ2n) is 3.91. The normalized spacial score (nSPS) is 14.6. The molecule has 0 aliphatic carbocycles. The van der Waals surface area contributed by atoms with Crippen LogP contribution in [0.2, 0.25) is 0 Å². The molecule has 1 heterocycles. The molecule has 1 rings (SSSR count). The highest BCUT2D eigenvalue weighted by molar-refractivity contribution is 5.86. The Balaban J connectivity index is 2.56. The number of carbonyl (C=O) groups excluding carboxylic acids is 1. The van der Waals surface area contributed by atoms with Gasteiger partial charge in [-0.1, -0.05) is 20.3 Å². The Morgan fingerprint density at radius 3 is 2.60 bits per heavy atom. The topological polar surface area (TPSA) is 56.0 Å². The lowest BCUT2D eigenvalue weighted by atomic mass is 9.93. The minimum absolute atomic E-state index is 0.107. The fourth-order valence-corrected chi connectivity index (χ4v) is 1.39. The second-order valence-corrected chi connectivity index (χ2v) is 3.91. The summed E-state index contributed by atoms with van der Waals surface area (Å²) in [6.07, 6.45) is 4.73. The van der Waals surface area contributed by atoms with Crippen molar-refractivity contribution in [2.45, 2.75) is 32.7 Å². The van der Waals surface area contributed by atoms with Crippen molar-refractivity contribution in [3.05, 3.63) is 30.1 Å². The third-order valence-electron chi connectivity index (χ3n) is 2.76. The molecule has 1 aromatic rings. The molecular weight excluding hydrogens is 188 g/mol. The van der Waals surface area contributed by atoms with Gasteiger partial charge in [-0.3, -0.25) is 9.78 Å². The van der Waals surface area contributed by atoms with Crippen molar-refractivity contribution in [3.63, 3.8) is 0 Å². The van der Waals surface area contributed by atoms with E-state index in [4.69, 9.17) is 5.73 Å². The lowest BCUT2D eigenvalue weighted by molar-refractivity contribution is -0.120. The monoisotopic (exact) mass is 206 g/mol. The first kappa shape index (κ1) is 11.9. The number of aromatic nitrogens is 1. The maximum atomic E-state index is 11.8. The highest BCUT2D eigenvalue weighted by atomic mass is 16.1. The Labute approximate surface area is 90.7 Å². The summed E-state index contributed by atoms with van der Waals surface area (Å²) < 4.78 is 0. The van der Waals surface area contributed by atoms with Gasteiger partial charge in [-0.2, -0.15) is 0 Å². The van der Waals surface area contributed by atoms with Gasteiger partial charge >= 0.3 is 0 Å². The summed E-state index contributed by atoms with van der Waals surface area (Å²) >= 11 is 0. The number of hydrogen-bond donors (Lipinski definition) is 1. The summed E-state index contributed by atoms with van der Waals surface area (Å²) in [5, 5.41) is 0. The van der Waals surface area contributed by atoms with E-state index in [9.17, 15) is 4.79 Å². The average molecular weight is 206 g/mol. The van der Waals surface area contributed by atoms with Crippen LogP contribution in [0.25, 0.3) is 0 Å². The van der Waals surface area contributed by atoms with E-state index in [1.807, 2.05) is 26.0 Å². The number of Topliss-reactive ketones (excluding diaryl/α,β-unsaturated/α-hetero) is 1. The number of rotatable bonds is 5. The molecule has 0 bridgehead atoms. The summed E-state index contributed by atoms with van der Waals surface area (Å²) in [4.78, 5) is 15.7. The van der Waals surface area contributed by atoms with Crippen LogP contribution >= 0.6 is 0 Å². The van der Waals surface area contributed by atoms with Gasteiger partial charge in [-0.05, 0) is 23.6 Å². The zero-order valence-corrected chi connectivity index (χ0v) is 9.31. The molecule has 0 spiro atoms. The molecule has 3 nitrogen and oxygen atoms in total. The van der Waals surface area contributed by atoms with E-state index >= 15 is 0 Å². The lowest BCUT2D eigenvalue weighted by Gasteiger charge is -2.16. The van der Waals surface area contributed by atoms with Crippen molar-refractivity contribution in [2.75, 3.05) is 0 Å². The zero-order valence-electron chi connectivity index (χ0n) is 9.31. The Kier molecular flexibility index (Phi) is 4.43. The van der Waals surface area contributed by atoms with E-state index in [1.165, 1.54) is 0 Å². The van der Waals surface area contributed by atoms with Crippen LogP contribution in [0.1, 0.15) is 25.8 Å². The van der Waals surface area contributed by atoms with Crippen LogP contribution < -0.4 is 5.73 Å². The van der Waals surface area contributed by atoms with Crippen molar-refractivity contribution < 1.29 is 4.79 Å². The molecule has 0 radical (unpaired) electrons. The molecule has 0 amide bonds. The van der Waals surface area contributed by atoms with Crippen molar-refractivity contribution >= 4 is 5.78 Å². The van der Waals surface area contributed by atoms with Crippen molar-refractivity contribution in [1.82, 2.24) is 4.98 Å². The van der Waals surface area contributed by atoms with E-state index < -0.39 is 0 Å². The fourth-order valence-electron chi connectivity index (χ4n) is 1.39. The van der Waals surface area contributed by atoms with Crippen LogP contribution in [-0.2, 0) is 11.2 Å². The van der Waals surface area contributed by atoms with Crippen LogP contribution in [0.5, 0.6) is 0 Å². The maximum absolute atomic E-state index is 11.8. The van der Waals surface area contributed by atoms with E-state index in [1.54, 1.807) is 12.4 Å². The van der Waals surface area contributed by atoms with Gasteiger partial charge in [0.1, 0.15) is 0 Å². The molecular formula is C12H18N2O. The van der Waals surface area contributed by atoms with Crippen LogP contribution in [0.3, 0.4) is 0 Å². The highest BCUT2D eigenvalue weighted by Crippen LogP contribution is 2.09. The molecule has 0 aliphatic rings. The number of pyridine rings is 1. The molecule has 82 valence electrons. The lowest BCUT2D eigenvalue weighted by Crippen LogP contribution is -2.37. The predicted molar refractivity (Wildman–Crippen MR) is 60.4 cm³/mol. The van der Waals surface area contributed by atoms with Crippen LogP contribution in [0, 0.1) is 5.92 Å². The van der Waals surface area contributed by atoms with Gasteiger partial charge in [0.2, 0.25) is 0 Å². The molecule has 2 atom stereocenters. The molecule has 0 aliphatic heterocycles. The smallest absolute Gasteiger partial charge is 0.154 e. The Bertz CT molecular complexity index is 311. The van der Waals surface area contributed by atoms with Crippen molar-refractivity contribution in [2.24, 2.45) is 11.7 Å². The molecule has 0 fully saturated rings. The highest BCUT2D eigenvalue weighted by Gasteiger charge is 2.19. The summed E-state index contributed by atoms with van der Waals surface area (Å²) in [5.74, 6) is 0.356. The Morgan fingerprint density at radius 2 is 2.07 bits per heavy atom. The Morgan fingerprint density at radius 1 is 1.47 bits per heavy atom. The van der Waals surface area contributed by atoms with Gasteiger partial charge in [-0.15, -0.1) is 0 Å². The van der Waals surface area contributed by atoms with Gasteiger partial charge in [0.15, 0.2) is 5.78 Å². The minimum atomic E-state index is -0.344. The number of nitrogens with two attached hydrogens (primary N) is 1. The number of nitrogens with zero attached hydrogens (tertiary/aromatic N) is 1. The summed E-state index contributed by atoms with van der Waals surface area (Å²) in [6.45, 7) is 4.05. The fraction of sp³-hybridized carbons (Fsp3) is 0.500. The first-order valence-corrected chi connectivity index (χ1v) is 5.32. The number of carbonyl (C=O) groups is 1. The van der Waals surface area contributed by atoms with Gasteiger partial charge in [-0.25, -0.2) is 0 Å². The van der Waals surface area contributed by atoms with Crippen LogP contribution in [-0.4, -0.2) is 16.8 Å². The molecule has 15 heavy (non-hydrogen) atoms. The average Bonchev–Trinajstić information content (AvgIpc) is 2.28. The summed E-state index contributed by atoms with van der Waals surface area (Å²) in [6, 6.07) is 3.35. The SMILES string of the molecule is CCC(C)C(N)C(=O)Cc1ccncc1. The maximum Gasteiger partial charge on any atom is 0.154 e. The van der Waals surface area contributed by atoms with Crippen molar-refractivity contribution in [3.8, 4) is 0 Å². The third-order valence-corrected chi connectivity index (χ3v) is 2.76. The third kappa shape index (κ3) is 3.44. The molecule has 0 saturated carbocycles. The largest absolute Gasteiger partial charge is 0.321 e. The first-order chi connectivity index (χ1) is 7.15. The van der Waals surface area contributed by atoms with Crippen molar-refractivity contribution in [1.29, 1.82) is 0 Å². The van der Waals surface area contributed by atoms with E-state index in [0.29, 0.717) is 6.42 Å². The quantitative estimate of drug-likeness (QED) is 0.795. The molecule has 0 aromatic carbocycles. The first-order valence-electron chi connectivity index (χ1n) is 5.32. The molecule has 1 aromatic heterocycles. The van der Waals surface area contributed by atoms with E-state index in [-0.39, 0.29) is 17.7 Å². The minimum Gasteiger partial charge on any atom is -0.321 e. The summed E-state index contributed by atoms with van der Waals surface area (Å²) in [5.41, 5.74) is 6.83. The second kappa shape index (κ2) is 5.61. The Hall–Kier alpha value is -1.22. The molecule has 0 saturated heterocycles. The van der Waals surface area contributed by atoms with Gasteiger partial charge in [0.25, 0.3) is 0 Å². The predicted octanol–water partition coefficient (Wildman–Crippen LogP) is 1.57. The zero-order chi connectivity index (χ0) is 11.3. The van der Waals surface area contributed by atoms with Crippen LogP contribution in [0.15, 0.2) is 24.5 Å². The molecule has 3 heteroatoms. The molecule has 2 unspecified atom stereocenters. The standard InChI is InChI=1S/C12H18N2O/c1-3-9(2)12(13)11(15)8-10-4-6-14-7-5-10/h4-7,9,12H,3,8,13H2,1-2H3. The number of hydrogen-bond acceptors (Lipinski definition) is 3. The van der Waals surface area contributed by atoms with Gasteiger partial charge < -0.3 is 5.73 Å². The van der Waals surface area contributed by atoms with E-state index in [2.05, 4.69) is 4.98 Å². The number of ketones is 1. The molecule has 2 N–H and O–H groups in total. The van der Waals surface area contributed by atoms with Crippen LogP contribution in [0.4, 0.5) is 0 Å². The summed E-state index contributed by atoms with van der Waals surface area (Å²) in [7, 11) is 0.